The van der Waals surface area contributed by atoms with Gasteiger partial charge >= 0.3 is 0 Å². The van der Waals surface area contributed by atoms with Crippen molar-refractivity contribution in [2.75, 3.05) is 23.9 Å². The third-order valence-corrected chi connectivity index (χ3v) is 8.32. The third kappa shape index (κ3) is 3.08. The first kappa shape index (κ1) is 19.8. The number of aliphatic hydroxyl groups excluding tert-OH is 2. The number of fused-ring (bicyclic) bond motifs is 2. The minimum absolute atomic E-state index is 0.329. The molecule has 0 bridgehead atoms. The van der Waals surface area contributed by atoms with Crippen molar-refractivity contribution >= 4 is 40.7 Å². The molecule has 0 spiro atoms. The largest absolute Gasteiger partial charge is 0.391 e. The topological polar surface area (TPSA) is 64.0 Å². The molecule has 30 heavy (non-hydrogen) atoms. The molecule has 2 aromatic carbocycles. The molecule has 1 aliphatic carbocycles. The standard InChI is InChI=1S/C23H22N2O3S2/c1-24-15-7-3-5-9-17(15)29-19(24)11-13-21(26)14(23(28)22(13)27)12-20-25(2)16-8-4-6-10-18(16)30-20/h3-14,21-22,26-27H,1-2H3. The van der Waals surface area contributed by atoms with Crippen LogP contribution in [0, 0.1) is 11.8 Å². The first-order valence-electron chi connectivity index (χ1n) is 9.80. The van der Waals surface area contributed by atoms with Crippen LogP contribution in [0.2, 0.25) is 0 Å². The number of carbonyl (C=O) groups is 1. The van der Waals surface area contributed by atoms with Crippen molar-refractivity contribution in [1.82, 2.24) is 0 Å². The highest BCUT2D eigenvalue weighted by molar-refractivity contribution is 8.04. The maximum Gasteiger partial charge on any atom is 0.171 e. The Labute approximate surface area is 184 Å². The maximum atomic E-state index is 12.8. The minimum Gasteiger partial charge on any atom is -0.391 e. The first-order valence-corrected chi connectivity index (χ1v) is 11.4. The molecule has 0 radical (unpaired) electrons. The van der Waals surface area contributed by atoms with Gasteiger partial charge in [-0.25, -0.2) is 0 Å². The number of thioether (sulfide) groups is 2. The molecular weight excluding hydrogens is 416 g/mol. The molecule has 7 heteroatoms. The highest BCUT2D eigenvalue weighted by Crippen LogP contribution is 2.48. The zero-order valence-electron chi connectivity index (χ0n) is 16.6. The van der Waals surface area contributed by atoms with Crippen molar-refractivity contribution in [3.05, 3.63) is 70.7 Å². The number of rotatable bonds is 2. The molecule has 0 saturated heterocycles. The number of carbonyl (C=O) groups excluding carboxylic acids is 1. The molecule has 4 atom stereocenters. The van der Waals surface area contributed by atoms with Crippen molar-refractivity contribution < 1.29 is 15.0 Å². The summed E-state index contributed by atoms with van der Waals surface area (Å²) in [5.74, 6) is -1.71. The Balaban J connectivity index is 1.41. The summed E-state index contributed by atoms with van der Waals surface area (Å²) < 4.78 is 0. The number of nitrogens with zero attached hydrogens (tertiary/aromatic N) is 2. The smallest absolute Gasteiger partial charge is 0.171 e. The lowest BCUT2D eigenvalue weighted by Crippen LogP contribution is -2.25. The molecule has 3 aliphatic rings. The summed E-state index contributed by atoms with van der Waals surface area (Å²) in [6.45, 7) is 0. The van der Waals surface area contributed by atoms with Crippen LogP contribution in [0.1, 0.15) is 0 Å². The Morgan fingerprint density at radius 3 is 1.87 bits per heavy atom. The van der Waals surface area contributed by atoms with E-state index in [2.05, 4.69) is 0 Å². The summed E-state index contributed by atoms with van der Waals surface area (Å²) in [5, 5.41) is 23.4. The monoisotopic (exact) mass is 438 g/mol. The quantitative estimate of drug-likeness (QED) is 0.741. The lowest BCUT2D eigenvalue weighted by atomic mass is 10.00. The molecule has 2 N–H and O–H groups in total. The van der Waals surface area contributed by atoms with Crippen LogP contribution < -0.4 is 9.80 Å². The van der Waals surface area contributed by atoms with Gasteiger partial charge in [0.2, 0.25) is 0 Å². The lowest BCUT2D eigenvalue weighted by molar-refractivity contribution is -0.127. The van der Waals surface area contributed by atoms with Crippen LogP contribution in [0.15, 0.2) is 80.5 Å². The highest BCUT2D eigenvalue weighted by Gasteiger charge is 2.48. The van der Waals surface area contributed by atoms with Crippen LogP contribution in [0.3, 0.4) is 0 Å². The van der Waals surface area contributed by atoms with Gasteiger partial charge < -0.3 is 20.0 Å². The van der Waals surface area contributed by atoms with Gasteiger partial charge in [0.15, 0.2) is 5.78 Å². The van der Waals surface area contributed by atoms with Gasteiger partial charge in [-0.2, -0.15) is 0 Å². The van der Waals surface area contributed by atoms with Crippen LogP contribution in [0.5, 0.6) is 0 Å². The Morgan fingerprint density at radius 1 is 0.833 bits per heavy atom. The summed E-state index contributed by atoms with van der Waals surface area (Å²) >= 11 is 3.17. The number of ketones is 1. The predicted molar refractivity (Wildman–Crippen MR) is 122 cm³/mol. The summed E-state index contributed by atoms with van der Waals surface area (Å²) in [4.78, 5) is 19.1. The molecule has 2 heterocycles. The fraction of sp³-hybridized carbons (Fsp3) is 0.261. The van der Waals surface area contributed by atoms with E-state index in [1.165, 1.54) is 0 Å². The van der Waals surface area contributed by atoms with Gasteiger partial charge in [0.25, 0.3) is 0 Å². The average Bonchev–Trinajstić information content (AvgIpc) is 3.31. The lowest BCUT2D eigenvalue weighted by Gasteiger charge is -2.19. The number of hydrogen-bond acceptors (Lipinski definition) is 7. The summed E-state index contributed by atoms with van der Waals surface area (Å²) in [6.07, 6.45) is 1.46. The highest BCUT2D eigenvalue weighted by atomic mass is 32.2. The summed E-state index contributed by atoms with van der Waals surface area (Å²) in [5.41, 5.74) is 2.16. The molecule has 5 rings (SSSR count). The molecule has 0 aromatic heterocycles. The zero-order chi connectivity index (χ0) is 21.0. The van der Waals surface area contributed by atoms with Crippen LogP contribution in [0.4, 0.5) is 11.4 Å². The minimum atomic E-state index is -1.22. The molecule has 154 valence electrons. The van der Waals surface area contributed by atoms with Crippen molar-refractivity contribution in [3.8, 4) is 0 Å². The molecular formula is C23H22N2O3S2. The molecule has 2 aromatic rings. The molecule has 4 unspecified atom stereocenters. The maximum absolute atomic E-state index is 12.8. The molecule has 1 saturated carbocycles. The molecule has 1 fully saturated rings. The van der Waals surface area contributed by atoms with E-state index >= 15 is 0 Å². The average molecular weight is 439 g/mol. The Kier molecular flexibility index (Phi) is 4.94. The fourth-order valence-electron chi connectivity index (χ4n) is 4.20. The van der Waals surface area contributed by atoms with E-state index in [1.54, 1.807) is 29.6 Å². The van der Waals surface area contributed by atoms with Crippen LogP contribution >= 0.6 is 23.5 Å². The first-order chi connectivity index (χ1) is 14.5. The van der Waals surface area contributed by atoms with Gasteiger partial charge in [-0.1, -0.05) is 47.8 Å². The van der Waals surface area contributed by atoms with E-state index in [4.69, 9.17) is 0 Å². The number of anilines is 2. The Bertz CT molecular complexity index is 1080. The van der Waals surface area contributed by atoms with E-state index in [0.29, 0.717) is 0 Å². The number of hydrogen-bond donors (Lipinski definition) is 2. The number of para-hydroxylation sites is 2. The fourth-order valence-corrected chi connectivity index (χ4v) is 6.48. The van der Waals surface area contributed by atoms with E-state index in [1.807, 2.05) is 78.5 Å². The van der Waals surface area contributed by atoms with E-state index in [9.17, 15) is 15.0 Å². The van der Waals surface area contributed by atoms with Crippen molar-refractivity contribution in [3.63, 3.8) is 0 Å². The van der Waals surface area contributed by atoms with Gasteiger partial charge in [0, 0.05) is 29.8 Å². The van der Waals surface area contributed by atoms with Crippen LogP contribution in [-0.2, 0) is 4.79 Å². The SMILES string of the molecule is CN1C(=CC2C(=O)C(O)C(C=C3Sc4ccccc4N3C)C2O)Sc2ccccc21. The summed E-state index contributed by atoms with van der Waals surface area (Å²) in [6, 6.07) is 16.1. The van der Waals surface area contributed by atoms with Crippen molar-refractivity contribution in [2.24, 2.45) is 11.8 Å². The van der Waals surface area contributed by atoms with Crippen molar-refractivity contribution in [1.29, 1.82) is 0 Å². The van der Waals surface area contributed by atoms with Gasteiger partial charge in [-0.3, -0.25) is 4.79 Å². The van der Waals surface area contributed by atoms with Gasteiger partial charge in [-0.15, -0.1) is 0 Å². The van der Waals surface area contributed by atoms with Crippen molar-refractivity contribution in [2.45, 2.75) is 22.0 Å². The van der Waals surface area contributed by atoms with Crippen LogP contribution in [-0.4, -0.2) is 42.3 Å². The van der Waals surface area contributed by atoms with Gasteiger partial charge in [0.1, 0.15) is 6.10 Å². The van der Waals surface area contributed by atoms with Crippen LogP contribution in [0.25, 0.3) is 0 Å². The molecule has 2 aliphatic heterocycles. The Hall–Kier alpha value is -2.19. The molecule has 0 amide bonds. The normalized spacial score (nSPS) is 30.5. The number of Topliss-reactive ketones (excluding diaryl/α,β-unsaturated/α-hetero) is 1. The zero-order valence-corrected chi connectivity index (χ0v) is 18.2. The van der Waals surface area contributed by atoms with E-state index < -0.39 is 24.0 Å². The second-order valence-electron chi connectivity index (χ2n) is 7.71. The predicted octanol–water partition coefficient (Wildman–Crippen LogP) is 3.69. The number of aliphatic hydroxyl groups is 2. The van der Waals surface area contributed by atoms with E-state index in [0.717, 1.165) is 31.2 Å². The van der Waals surface area contributed by atoms with Gasteiger partial charge in [0.05, 0.1) is 33.5 Å². The Morgan fingerprint density at radius 2 is 1.33 bits per heavy atom. The van der Waals surface area contributed by atoms with E-state index in [-0.39, 0.29) is 5.78 Å². The second kappa shape index (κ2) is 7.50. The second-order valence-corrected chi connectivity index (χ2v) is 9.83. The molecule has 5 nitrogen and oxygen atoms in total. The third-order valence-electron chi connectivity index (χ3n) is 5.95. The van der Waals surface area contributed by atoms with Gasteiger partial charge in [-0.05, 0) is 36.4 Å². The number of benzene rings is 2. The summed E-state index contributed by atoms with van der Waals surface area (Å²) in [7, 11) is 3.91.